The number of nitro groups is 1. The predicted molar refractivity (Wildman–Crippen MR) is 157 cm³/mol. The van der Waals surface area contributed by atoms with E-state index in [2.05, 4.69) is 0 Å². The smallest absolute Gasteiger partial charge is 0.326 e. The third-order valence-corrected chi connectivity index (χ3v) is 7.05. The highest BCUT2D eigenvalue weighted by molar-refractivity contribution is 8.13. The standard InChI is InChI=1S/C30H33N3O6S/c1-5-39-26-12-9-22(10-13-26)18-32(27(29(35)36)15-20(2)3)30(31-24-8-6-7-21(4)16-24)40-28-14-11-25(33(37)38)17-23(28)19-34/h6-14,16-17,19-20,27H,5,15,18H2,1-4H3,(H,35,36)/b31-30+. The zero-order valence-electron chi connectivity index (χ0n) is 22.9. The molecule has 0 aliphatic carbocycles. The normalized spacial score (nSPS) is 12.2. The molecule has 9 nitrogen and oxygen atoms in total. The molecule has 0 heterocycles. The van der Waals surface area contributed by atoms with E-state index in [1.807, 2.05) is 76.2 Å². The number of non-ortho nitro benzene ring substituents is 1. The Bertz CT molecular complexity index is 1370. The predicted octanol–water partition coefficient (Wildman–Crippen LogP) is 6.90. The van der Waals surface area contributed by atoms with Crippen LogP contribution in [0.1, 0.15) is 48.7 Å². The fourth-order valence-electron chi connectivity index (χ4n) is 4.06. The van der Waals surface area contributed by atoms with Crippen LogP contribution in [-0.4, -0.2) is 45.0 Å². The molecule has 0 bridgehead atoms. The second-order valence-electron chi connectivity index (χ2n) is 9.62. The molecule has 3 aromatic rings. The molecule has 210 valence electrons. The van der Waals surface area contributed by atoms with Crippen LogP contribution < -0.4 is 4.74 Å². The third kappa shape index (κ3) is 8.41. The van der Waals surface area contributed by atoms with Gasteiger partial charge in [0.05, 0.1) is 17.2 Å². The van der Waals surface area contributed by atoms with Gasteiger partial charge < -0.3 is 14.7 Å². The van der Waals surface area contributed by atoms with Gasteiger partial charge >= 0.3 is 5.97 Å². The van der Waals surface area contributed by atoms with E-state index in [4.69, 9.17) is 9.73 Å². The maximum absolute atomic E-state index is 12.7. The van der Waals surface area contributed by atoms with E-state index in [1.165, 1.54) is 18.2 Å². The summed E-state index contributed by atoms with van der Waals surface area (Å²) in [5.41, 5.74) is 2.34. The number of thioether (sulfide) groups is 1. The monoisotopic (exact) mass is 563 g/mol. The van der Waals surface area contributed by atoms with Gasteiger partial charge in [0.1, 0.15) is 11.8 Å². The highest BCUT2D eigenvalue weighted by Gasteiger charge is 2.31. The summed E-state index contributed by atoms with van der Waals surface area (Å²) < 4.78 is 5.56. The van der Waals surface area contributed by atoms with Gasteiger partial charge in [-0.1, -0.05) is 49.9 Å². The first-order valence-corrected chi connectivity index (χ1v) is 13.7. The second kappa shape index (κ2) is 14.3. The number of benzene rings is 3. The molecule has 0 aliphatic rings. The summed E-state index contributed by atoms with van der Waals surface area (Å²) >= 11 is 1.11. The van der Waals surface area contributed by atoms with Crippen molar-refractivity contribution in [2.24, 2.45) is 10.9 Å². The van der Waals surface area contributed by atoms with Crippen molar-refractivity contribution in [3.63, 3.8) is 0 Å². The lowest BCUT2D eigenvalue weighted by Crippen LogP contribution is -2.44. The molecule has 0 saturated carbocycles. The minimum atomic E-state index is -1.00. The second-order valence-corrected chi connectivity index (χ2v) is 10.6. The van der Waals surface area contributed by atoms with Gasteiger partial charge in [-0.05, 0) is 67.6 Å². The Labute approximate surface area is 238 Å². The van der Waals surface area contributed by atoms with E-state index in [9.17, 15) is 24.8 Å². The van der Waals surface area contributed by atoms with Crippen molar-refractivity contribution < 1.29 is 24.4 Å². The molecule has 0 spiro atoms. The van der Waals surface area contributed by atoms with Crippen molar-refractivity contribution in [3.05, 3.63) is 93.5 Å². The Kier molecular flexibility index (Phi) is 10.8. The summed E-state index contributed by atoms with van der Waals surface area (Å²) in [6.45, 7) is 8.49. The quantitative estimate of drug-likeness (QED) is 0.0631. The average Bonchev–Trinajstić information content (AvgIpc) is 2.91. The van der Waals surface area contributed by atoms with E-state index < -0.39 is 16.9 Å². The number of aldehydes is 1. The molecule has 1 N–H and O–H groups in total. The number of aliphatic imine (C=N–C) groups is 1. The van der Waals surface area contributed by atoms with Gasteiger partial charge in [0, 0.05) is 29.1 Å². The molecule has 0 aliphatic heterocycles. The summed E-state index contributed by atoms with van der Waals surface area (Å²) in [6, 6.07) is 18.0. The van der Waals surface area contributed by atoms with Gasteiger partial charge in [0.2, 0.25) is 0 Å². The molecule has 0 radical (unpaired) electrons. The van der Waals surface area contributed by atoms with Crippen LogP contribution in [0.25, 0.3) is 0 Å². The number of rotatable bonds is 12. The molecule has 40 heavy (non-hydrogen) atoms. The summed E-state index contributed by atoms with van der Waals surface area (Å²) in [6.07, 6.45) is 0.903. The lowest BCUT2D eigenvalue weighted by molar-refractivity contribution is -0.384. The van der Waals surface area contributed by atoms with Crippen LogP contribution in [0, 0.1) is 23.0 Å². The number of amidine groups is 1. The Balaban J connectivity index is 2.17. The van der Waals surface area contributed by atoms with Crippen molar-refractivity contribution in [2.45, 2.75) is 51.6 Å². The van der Waals surface area contributed by atoms with Gasteiger partial charge in [-0.25, -0.2) is 9.79 Å². The van der Waals surface area contributed by atoms with Crippen LogP contribution in [0.3, 0.4) is 0 Å². The van der Waals surface area contributed by atoms with Crippen LogP contribution in [0.2, 0.25) is 0 Å². The van der Waals surface area contributed by atoms with E-state index in [0.717, 1.165) is 22.9 Å². The summed E-state index contributed by atoms with van der Waals surface area (Å²) in [5, 5.41) is 22.0. The van der Waals surface area contributed by atoms with E-state index in [0.29, 0.717) is 40.8 Å². The van der Waals surface area contributed by atoms with Crippen LogP contribution in [0.5, 0.6) is 5.75 Å². The minimum Gasteiger partial charge on any atom is -0.494 e. The molecule has 3 aromatic carbocycles. The highest BCUT2D eigenvalue weighted by Crippen LogP contribution is 2.32. The Morgan fingerprint density at radius 1 is 1.15 bits per heavy atom. The SMILES string of the molecule is CCOc1ccc(CN(/C(=N\c2cccc(C)c2)Sc2ccc([N+](=O)[O-])cc2C=O)C(CC(C)C)C(=O)O)cc1. The molecule has 1 unspecified atom stereocenters. The lowest BCUT2D eigenvalue weighted by atomic mass is 10.0. The first-order valence-electron chi connectivity index (χ1n) is 12.9. The topological polar surface area (TPSA) is 122 Å². The molecule has 10 heteroatoms. The summed E-state index contributed by atoms with van der Waals surface area (Å²) in [7, 11) is 0. The molecule has 0 aromatic heterocycles. The Morgan fingerprint density at radius 2 is 1.88 bits per heavy atom. The zero-order chi connectivity index (χ0) is 29.2. The number of carboxylic acid groups (broad SMARTS) is 1. The van der Waals surface area contributed by atoms with Crippen LogP contribution in [-0.2, 0) is 11.3 Å². The molecule has 0 saturated heterocycles. The number of carbonyl (C=O) groups excluding carboxylic acids is 1. The number of aryl methyl sites for hydroxylation is 1. The van der Waals surface area contributed by atoms with Crippen LogP contribution in [0.4, 0.5) is 11.4 Å². The number of carbonyl (C=O) groups is 2. The number of hydrogen-bond acceptors (Lipinski definition) is 7. The number of aliphatic carboxylic acids is 1. The maximum atomic E-state index is 12.7. The number of carboxylic acids is 1. The minimum absolute atomic E-state index is 0.0686. The zero-order valence-corrected chi connectivity index (χ0v) is 23.8. The van der Waals surface area contributed by atoms with E-state index in [1.54, 1.807) is 4.90 Å². The van der Waals surface area contributed by atoms with Gasteiger partial charge in [-0.15, -0.1) is 0 Å². The Morgan fingerprint density at radius 3 is 2.45 bits per heavy atom. The van der Waals surface area contributed by atoms with Gasteiger partial charge in [0.15, 0.2) is 11.5 Å². The molecular weight excluding hydrogens is 530 g/mol. The summed E-state index contributed by atoms with van der Waals surface area (Å²) in [4.78, 5) is 42.3. The molecule has 3 rings (SSSR count). The fourth-order valence-corrected chi connectivity index (χ4v) is 5.08. The number of ether oxygens (including phenoxy) is 1. The third-order valence-electron chi connectivity index (χ3n) is 5.95. The van der Waals surface area contributed by atoms with E-state index >= 15 is 0 Å². The maximum Gasteiger partial charge on any atom is 0.326 e. The van der Waals surface area contributed by atoms with Crippen molar-refractivity contribution in [1.29, 1.82) is 0 Å². The number of nitrogens with zero attached hydrogens (tertiary/aromatic N) is 3. The Hall–Kier alpha value is -4.18. The lowest BCUT2D eigenvalue weighted by Gasteiger charge is -2.33. The van der Waals surface area contributed by atoms with E-state index in [-0.39, 0.29) is 23.7 Å². The fraction of sp³-hybridized carbons (Fsp3) is 0.300. The number of nitro benzene ring substituents is 1. The molecule has 0 amide bonds. The van der Waals surface area contributed by atoms with Gasteiger partial charge in [0.25, 0.3) is 5.69 Å². The highest BCUT2D eigenvalue weighted by atomic mass is 32.2. The molecule has 1 atom stereocenters. The van der Waals surface area contributed by atoms with Gasteiger partial charge in [-0.3, -0.25) is 14.9 Å². The molecular formula is C30H33N3O6S. The van der Waals surface area contributed by atoms with Crippen molar-refractivity contribution in [2.75, 3.05) is 6.61 Å². The average molecular weight is 564 g/mol. The first kappa shape index (κ1) is 30.4. The van der Waals surface area contributed by atoms with Crippen molar-refractivity contribution in [1.82, 2.24) is 4.90 Å². The molecule has 0 fully saturated rings. The van der Waals surface area contributed by atoms with Crippen molar-refractivity contribution in [3.8, 4) is 5.75 Å². The van der Waals surface area contributed by atoms with Crippen molar-refractivity contribution >= 4 is 40.6 Å². The summed E-state index contributed by atoms with van der Waals surface area (Å²) in [5.74, 6) is -0.227. The largest absolute Gasteiger partial charge is 0.494 e. The number of hydrogen-bond donors (Lipinski definition) is 1. The van der Waals surface area contributed by atoms with Crippen LogP contribution >= 0.6 is 11.8 Å². The first-order chi connectivity index (χ1) is 19.1. The van der Waals surface area contributed by atoms with Gasteiger partial charge in [-0.2, -0.15) is 0 Å². The van der Waals surface area contributed by atoms with Crippen LogP contribution in [0.15, 0.2) is 76.6 Å².